The molecule has 12 heavy (non-hydrogen) atoms. The fraction of sp³-hybridized carbons (Fsp3) is 1.00. The highest BCUT2D eigenvalue weighted by atomic mass is 16.5. The molecule has 2 saturated heterocycles. The molecule has 0 aromatic rings. The lowest BCUT2D eigenvalue weighted by atomic mass is 10.1. The van der Waals surface area contributed by atoms with Gasteiger partial charge in [0.2, 0.25) is 0 Å². The van der Waals surface area contributed by atoms with Crippen LogP contribution in [0.2, 0.25) is 0 Å². The molecular weight excluding hydrogens is 152 g/mol. The summed E-state index contributed by atoms with van der Waals surface area (Å²) >= 11 is 0. The first-order valence-electron chi connectivity index (χ1n) is 4.96. The lowest BCUT2D eigenvalue weighted by Crippen LogP contribution is -2.48. The molecule has 1 unspecified atom stereocenters. The standard InChI is InChI=1S/C9H17N2O/c1-2-5-11(6-3-1)9-8-10-4-7-12-9/h9H,1-8H2. The molecule has 0 aromatic heterocycles. The van der Waals surface area contributed by atoms with Gasteiger partial charge in [0.25, 0.3) is 0 Å². The monoisotopic (exact) mass is 169 g/mol. The van der Waals surface area contributed by atoms with Crippen LogP contribution in [0.5, 0.6) is 0 Å². The predicted molar refractivity (Wildman–Crippen MR) is 47.0 cm³/mol. The van der Waals surface area contributed by atoms with Crippen molar-refractivity contribution in [3.05, 3.63) is 0 Å². The summed E-state index contributed by atoms with van der Waals surface area (Å²) in [7, 11) is 0. The normalized spacial score (nSPS) is 33.5. The summed E-state index contributed by atoms with van der Waals surface area (Å²) in [4.78, 5) is 2.44. The van der Waals surface area contributed by atoms with Crippen LogP contribution in [0.3, 0.4) is 0 Å². The molecule has 3 nitrogen and oxygen atoms in total. The van der Waals surface area contributed by atoms with Gasteiger partial charge in [-0.2, -0.15) is 0 Å². The fourth-order valence-electron chi connectivity index (χ4n) is 1.93. The van der Waals surface area contributed by atoms with Crippen molar-refractivity contribution < 1.29 is 4.74 Å². The largest absolute Gasteiger partial charge is 0.360 e. The van der Waals surface area contributed by atoms with Gasteiger partial charge in [-0.1, -0.05) is 6.42 Å². The third-order valence-electron chi connectivity index (χ3n) is 2.64. The Bertz CT molecular complexity index is 112. The van der Waals surface area contributed by atoms with Crippen LogP contribution in [-0.2, 0) is 4.74 Å². The summed E-state index contributed by atoms with van der Waals surface area (Å²) in [5.74, 6) is 0. The average Bonchev–Trinajstić information content (AvgIpc) is 2.21. The van der Waals surface area contributed by atoms with E-state index in [0.717, 1.165) is 19.7 Å². The molecule has 0 aliphatic carbocycles. The first kappa shape index (κ1) is 8.48. The maximum Gasteiger partial charge on any atom is 0.124 e. The van der Waals surface area contributed by atoms with E-state index in [1.807, 2.05) is 0 Å². The van der Waals surface area contributed by atoms with Crippen LogP contribution in [0.4, 0.5) is 0 Å². The van der Waals surface area contributed by atoms with Gasteiger partial charge in [-0.3, -0.25) is 4.90 Å². The highest BCUT2D eigenvalue weighted by Gasteiger charge is 2.23. The molecule has 2 fully saturated rings. The molecule has 2 heterocycles. The van der Waals surface area contributed by atoms with Crippen molar-refractivity contribution in [1.82, 2.24) is 10.2 Å². The minimum absolute atomic E-state index is 0.305. The second kappa shape index (κ2) is 4.21. The van der Waals surface area contributed by atoms with Gasteiger partial charge in [0.15, 0.2) is 0 Å². The summed E-state index contributed by atoms with van der Waals surface area (Å²) in [6.07, 6.45) is 4.36. The minimum atomic E-state index is 0.305. The SMILES string of the molecule is C1CCN(C2C[N]CCO2)CC1. The number of nitrogens with zero attached hydrogens (tertiary/aromatic N) is 2. The maximum atomic E-state index is 5.65. The Hall–Kier alpha value is -0.120. The van der Waals surface area contributed by atoms with Crippen LogP contribution in [0.15, 0.2) is 0 Å². The highest BCUT2D eigenvalue weighted by Crippen LogP contribution is 2.13. The van der Waals surface area contributed by atoms with Crippen molar-refractivity contribution in [3.8, 4) is 0 Å². The molecule has 0 amide bonds. The van der Waals surface area contributed by atoms with Crippen molar-refractivity contribution in [2.24, 2.45) is 0 Å². The van der Waals surface area contributed by atoms with E-state index >= 15 is 0 Å². The number of ether oxygens (including phenoxy) is 1. The topological polar surface area (TPSA) is 26.6 Å². The summed E-state index contributed by atoms with van der Waals surface area (Å²) in [6, 6.07) is 0. The Morgan fingerprint density at radius 2 is 2.00 bits per heavy atom. The highest BCUT2D eigenvalue weighted by molar-refractivity contribution is 4.72. The van der Waals surface area contributed by atoms with Gasteiger partial charge in [-0.05, 0) is 12.8 Å². The van der Waals surface area contributed by atoms with Crippen LogP contribution in [0.25, 0.3) is 0 Å². The van der Waals surface area contributed by atoms with Crippen molar-refractivity contribution >= 4 is 0 Å². The van der Waals surface area contributed by atoms with E-state index in [9.17, 15) is 0 Å². The third kappa shape index (κ3) is 1.97. The maximum absolute atomic E-state index is 5.65. The molecule has 1 radical (unpaired) electrons. The molecule has 0 spiro atoms. The number of likely N-dealkylation sites (tertiary alicyclic amines) is 1. The van der Waals surface area contributed by atoms with Crippen molar-refractivity contribution in [3.63, 3.8) is 0 Å². The quantitative estimate of drug-likeness (QED) is 0.569. The molecule has 3 heteroatoms. The fourth-order valence-corrected chi connectivity index (χ4v) is 1.93. The molecule has 2 aliphatic heterocycles. The van der Waals surface area contributed by atoms with Gasteiger partial charge in [0.05, 0.1) is 13.2 Å². The summed E-state index contributed by atoms with van der Waals surface area (Å²) < 4.78 is 5.65. The average molecular weight is 169 g/mol. The zero-order chi connectivity index (χ0) is 8.23. The van der Waals surface area contributed by atoms with E-state index in [4.69, 9.17) is 4.74 Å². The van der Waals surface area contributed by atoms with Crippen LogP contribution in [-0.4, -0.2) is 43.9 Å². The Morgan fingerprint density at radius 3 is 2.67 bits per heavy atom. The van der Waals surface area contributed by atoms with Crippen molar-refractivity contribution in [1.29, 1.82) is 0 Å². The van der Waals surface area contributed by atoms with Gasteiger partial charge >= 0.3 is 0 Å². The minimum Gasteiger partial charge on any atom is -0.360 e. The van der Waals surface area contributed by atoms with Gasteiger partial charge in [-0.25, -0.2) is 5.32 Å². The van der Waals surface area contributed by atoms with Crippen molar-refractivity contribution in [2.45, 2.75) is 25.5 Å². The first-order valence-corrected chi connectivity index (χ1v) is 4.96. The molecule has 0 N–H and O–H groups in total. The molecule has 1 atom stereocenters. The lowest BCUT2D eigenvalue weighted by Gasteiger charge is -2.36. The number of piperidine rings is 1. The summed E-state index contributed by atoms with van der Waals surface area (Å²) in [5.41, 5.74) is 0. The molecule has 69 valence electrons. The van der Waals surface area contributed by atoms with Gasteiger partial charge in [0, 0.05) is 19.6 Å². The zero-order valence-corrected chi connectivity index (χ0v) is 7.54. The lowest BCUT2D eigenvalue weighted by molar-refractivity contribution is -0.0824. The smallest absolute Gasteiger partial charge is 0.124 e. The molecule has 2 rings (SSSR count). The first-order chi connectivity index (χ1) is 5.97. The van der Waals surface area contributed by atoms with E-state index in [2.05, 4.69) is 10.2 Å². The summed E-state index contributed by atoms with van der Waals surface area (Å²) in [6.45, 7) is 5.02. The van der Waals surface area contributed by atoms with E-state index in [1.54, 1.807) is 0 Å². The number of hydrogen-bond donors (Lipinski definition) is 0. The number of morpholine rings is 1. The van der Waals surface area contributed by atoms with Gasteiger partial charge < -0.3 is 4.74 Å². The van der Waals surface area contributed by atoms with Gasteiger partial charge in [-0.15, -0.1) is 0 Å². The molecular formula is C9H17N2O. The van der Waals surface area contributed by atoms with E-state index in [1.165, 1.54) is 32.4 Å². The molecule has 2 aliphatic rings. The van der Waals surface area contributed by atoms with Crippen LogP contribution >= 0.6 is 0 Å². The Labute approximate surface area is 74.1 Å². The van der Waals surface area contributed by atoms with Crippen LogP contribution < -0.4 is 5.32 Å². The van der Waals surface area contributed by atoms with E-state index in [0.29, 0.717) is 6.23 Å². The molecule has 0 saturated carbocycles. The van der Waals surface area contributed by atoms with Crippen LogP contribution in [0.1, 0.15) is 19.3 Å². The van der Waals surface area contributed by atoms with E-state index in [-0.39, 0.29) is 0 Å². The second-order valence-electron chi connectivity index (χ2n) is 3.55. The molecule has 0 aromatic carbocycles. The predicted octanol–water partition coefficient (Wildman–Crippen LogP) is 0.433. The second-order valence-corrected chi connectivity index (χ2v) is 3.55. The van der Waals surface area contributed by atoms with Gasteiger partial charge in [0.1, 0.15) is 6.23 Å². The third-order valence-corrected chi connectivity index (χ3v) is 2.64. The van der Waals surface area contributed by atoms with E-state index < -0.39 is 0 Å². The summed E-state index contributed by atoms with van der Waals surface area (Å²) in [5, 5.41) is 4.37. The van der Waals surface area contributed by atoms with Crippen molar-refractivity contribution in [2.75, 3.05) is 32.8 Å². The Morgan fingerprint density at radius 1 is 1.17 bits per heavy atom. The number of rotatable bonds is 1. The number of hydrogen-bond acceptors (Lipinski definition) is 2. The Kier molecular flexibility index (Phi) is 2.98. The Balaban J connectivity index is 1.80. The van der Waals surface area contributed by atoms with Crippen LogP contribution in [0, 0.1) is 0 Å². The molecule has 0 bridgehead atoms. The zero-order valence-electron chi connectivity index (χ0n) is 7.54.